The second kappa shape index (κ2) is 8.50. The zero-order valence-corrected chi connectivity index (χ0v) is 14.5. The first-order valence-electron chi connectivity index (χ1n) is 8.21. The topological polar surface area (TPSA) is 97.1 Å². The molecule has 2 rings (SSSR count). The number of halogens is 2. The highest BCUT2D eigenvalue weighted by Gasteiger charge is 2.24. The van der Waals surface area contributed by atoms with Crippen LogP contribution in [-0.2, 0) is 11.3 Å². The van der Waals surface area contributed by atoms with Gasteiger partial charge >= 0.3 is 5.97 Å². The molecule has 0 saturated carbocycles. The maximum Gasteiger partial charge on any atom is 0.326 e. The Labute approximate surface area is 149 Å². The molecule has 2 aromatic rings. The number of amides is 1. The Hall–Kier alpha value is -2.84. The van der Waals surface area contributed by atoms with Crippen LogP contribution in [0.2, 0.25) is 0 Å². The van der Waals surface area contributed by atoms with Gasteiger partial charge in [-0.15, -0.1) is 5.10 Å². The van der Waals surface area contributed by atoms with Crippen molar-refractivity contribution < 1.29 is 23.5 Å². The molecule has 26 heavy (non-hydrogen) atoms. The van der Waals surface area contributed by atoms with E-state index in [0.29, 0.717) is 18.5 Å². The van der Waals surface area contributed by atoms with Gasteiger partial charge in [0.15, 0.2) is 5.69 Å². The van der Waals surface area contributed by atoms with E-state index in [-0.39, 0.29) is 17.8 Å². The Balaban J connectivity index is 2.14. The lowest BCUT2D eigenvalue weighted by Crippen LogP contribution is -2.41. The van der Waals surface area contributed by atoms with E-state index in [0.717, 1.165) is 18.6 Å². The van der Waals surface area contributed by atoms with Crippen LogP contribution in [-0.4, -0.2) is 38.0 Å². The number of carbonyl (C=O) groups is 2. The van der Waals surface area contributed by atoms with Gasteiger partial charge in [0.05, 0.1) is 12.2 Å². The van der Waals surface area contributed by atoms with Gasteiger partial charge in [-0.3, -0.25) is 4.79 Å². The number of nitrogens with one attached hydrogen (secondary N) is 1. The molecular formula is C17H20F2N4O3. The van der Waals surface area contributed by atoms with Crippen LogP contribution in [0.1, 0.15) is 47.9 Å². The highest BCUT2D eigenvalue weighted by atomic mass is 19.1. The van der Waals surface area contributed by atoms with Crippen molar-refractivity contribution in [3.63, 3.8) is 0 Å². The minimum atomic E-state index is -1.12. The van der Waals surface area contributed by atoms with E-state index in [1.807, 2.05) is 6.92 Å². The summed E-state index contributed by atoms with van der Waals surface area (Å²) < 4.78 is 28.0. The number of hydrogen-bond donors (Lipinski definition) is 2. The molecule has 0 aliphatic rings. The van der Waals surface area contributed by atoms with E-state index in [1.54, 1.807) is 6.92 Å². The third-order valence-corrected chi connectivity index (χ3v) is 3.98. The van der Waals surface area contributed by atoms with Crippen molar-refractivity contribution in [3.8, 4) is 0 Å². The van der Waals surface area contributed by atoms with E-state index < -0.39 is 29.6 Å². The number of nitrogens with zero attached hydrogens (tertiary/aromatic N) is 3. The number of hydrogen-bond acceptors (Lipinski definition) is 4. The normalized spacial score (nSPS) is 12.0. The molecule has 7 nitrogen and oxygen atoms in total. The first-order chi connectivity index (χ1) is 12.3. The van der Waals surface area contributed by atoms with E-state index in [1.165, 1.54) is 10.7 Å². The second-order valence-corrected chi connectivity index (χ2v) is 5.92. The molecule has 2 N–H and O–H groups in total. The predicted octanol–water partition coefficient (Wildman–Crippen LogP) is 2.29. The number of aromatic nitrogens is 3. The Morgan fingerprint density at radius 3 is 2.69 bits per heavy atom. The fourth-order valence-electron chi connectivity index (χ4n) is 2.42. The fraction of sp³-hybridized carbons (Fsp3) is 0.412. The van der Waals surface area contributed by atoms with E-state index in [9.17, 15) is 23.5 Å². The van der Waals surface area contributed by atoms with Crippen LogP contribution in [0, 0.1) is 18.6 Å². The molecule has 0 spiro atoms. The third-order valence-electron chi connectivity index (χ3n) is 3.98. The maximum absolute atomic E-state index is 13.8. The summed E-state index contributed by atoms with van der Waals surface area (Å²) in [5.74, 6) is -3.19. The zero-order chi connectivity index (χ0) is 19.3. The summed E-state index contributed by atoms with van der Waals surface area (Å²) in [6.45, 7) is 3.46. The number of carbonyl (C=O) groups excluding carboxylic acids is 1. The summed E-state index contributed by atoms with van der Waals surface area (Å²) >= 11 is 0. The number of carboxylic acids is 1. The molecule has 1 heterocycles. The minimum Gasteiger partial charge on any atom is -0.480 e. The summed E-state index contributed by atoms with van der Waals surface area (Å²) in [6, 6.07) is 2.17. The Bertz CT molecular complexity index is 807. The number of unbranched alkanes of at least 4 members (excludes halogenated alkanes) is 1. The molecule has 0 bridgehead atoms. The molecule has 0 fully saturated rings. The highest BCUT2D eigenvalue weighted by Crippen LogP contribution is 2.13. The molecule has 1 aromatic carbocycles. The molecule has 0 aliphatic carbocycles. The molecule has 0 aliphatic heterocycles. The van der Waals surface area contributed by atoms with Gasteiger partial charge in [0.25, 0.3) is 5.91 Å². The lowest BCUT2D eigenvalue weighted by atomic mass is 10.1. The van der Waals surface area contributed by atoms with Crippen molar-refractivity contribution in [3.05, 3.63) is 46.8 Å². The Morgan fingerprint density at radius 1 is 1.35 bits per heavy atom. The van der Waals surface area contributed by atoms with Gasteiger partial charge in [-0.05, 0) is 19.4 Å². The molecule has 1 atom stereocenters. The molecule has 0 radical (unpaired) electrons. The minimum absolute atomic E-state index is 0.0313. The van der Waals surface area contributed by atoms with Crippen molar-refractivity contribution in [2.45, 2.75) is 45.7 Å². The van der Waals surface area contributed by atoms with Gasteiger partial charge in [0.1, 0.15) is 17.7 Å². The lowest BCUT2D eigenvalue weighted by molar-refractivity contribution is -0.139. The van der Waals surface area contributed by atoms with Crippen LogP contribution in [0.15, 0.2) is 18.2 Å². The molecule has 9 heteroatoms. The SMILES string of the molecule is CCCC[C@H](NC(=O)c1nnn(Cc2ccc(F)cc2F)c1C)C(=O)O. The average Bonchev–Trinajstić information content (AvgIpc) is 2.94. The summed E-state index contributed by atoms with van der Waals surface area (Å²) in [6.07, 6.45) is 1.77. The number of aliphatic carboxylic acids is 1. The van der Waals surface area contributed by atoms with E-state index in [2.05, 4.69) is 15.6 Å². The molecule has 1 aromatic heterocycles. The summed E-state index contributed by atoms with van der Waals surface area (Å²) in [5, 5.41) is 19.2. The van der Waals surface area contributed by atoms with Crippen molar-refractivity contribution in [1.29, 1.82) is 0 Å². The lowest BCUT2D eigenvalue weighted by Gasteiger charge is -2.13. The molecule has 0 saturated heterocycles. The standard InChI is InChI=1S/C17H20F2N4O3/c1-3-4-5-14(17(25)26)20-16(24)15-10(2)23(22-21-15)9-11-6-7-12(18)8-13(11)19/h6-8,14H,3-5,9H2,1-2H3,(H,20,24)(H,25,26)/t14-/m0/s1. The first kappa shape index (κ1) is 19.5. The largest absolute Gasteiger partial charge is 0.480 e. The van der Waals surface area contributed by atoms with E-state index >= 15 is 0 Å². The summed E-state index contributed by atoms with van der Waals surface area (Å²) in [4.78, 5) is 23.5. The number of carboxylic acid groups (broad SMARTS) is 1. The Kier molecular flexibility index (Phi) is 6.37. The number of rotatable bonds is 8. The quantitative estimate of drug-likeness (QED) is 0.747. The molecule has 140 valence electrons. The van der Waals surface area contributed by atoms with Crippen molar-refractivity contribution in [2.24, 2.45) is 0 Å². The fourth-order valence-corrected chi connectivity index (χ4v) is 2.42. The van der Waals surface area contributed by atoms with Gasteiger partial charge in [-0.2, -0.15) is 0 Å². The van der Waals surface area contributed by atoms with Crippen molar-refractivity contribution in [1.82, 2.24) is 20.3 Å². The molecule has 0 unspecified atom stereocenters. The van der Waals surface area contributed by atoms with Crippen LogP contribution < -0.4 is 5.32 Å². The van der Waals surface area contributed by atoms with Gasteiger partial charge < -0.3 is 10.4 Å². The predicted molar refractivity (Wildman–Crippen MR) is 88.6 cm³/mol. The van der Waals surface area contributed by atoms with Crippen LogP contribution in [0.25, 0.3) is 0 Å². The summed E-state index contributed by atoms with van der Waals surface area (Å²) in [5.41, 5.74) is 0.513. The van der Waals surface area contributed by atoms with Crippen LogP contribution in [0.4, 0.5) is 8.78 Å². The maximum atomic E-state index is 13.8. The summed E-state index contributed by atoms with van der Waals surface area (Å²) in [7, 11) is 0. The van der Waals surface area contributed by atoms with E-state index in [4.69, 9.17) is 0 Å². The highest BCUT2D eigenvalue weighted by molar-refractivity contribution is 5.95. The molecular weight excluding hydrogens is 346 g/mol. The smallest absolute Gasteiger partial charge is 0.326 e. The van der Waals surface area contributed by atoms with Crippen LogP contribution in [0.5, 0.6) is 0 Å². The second-order valence-electron chi connectivity index (χ2n) is 5.92. The van der Waals surface area contributed by atoms with Crippen molar-refractivity contribution in [2.75, 3.05) is 0 Å². The van der Waals surface area contributed by atoms with Crippen LogP contribution >= 0.6 is 0 Å². The Morgan fingerprint density at radius 2 is 2.08 bits per heavy atom. The van der Waals surface area contributed by atoms with Gasteiger partial charge in [0.2, 0.25) is 0 Å². The number of benzene rings is 1. The van der Waals surface area contributed by atoms with Crippen LogP contribution in [0.3, 0.4) is 0 Å². The molecule has 1 amide bonds. The average molecular weight is 366 g/mol. The van der Waals surface area contributed by atoms with Gasteiger partial charge in [-0.25, -0.2) is 18.3 Å². The third kappa shape index (κ3) is 4.62. The zero-order valence-electron chi connectivity index (χ0n) is 14.5. The van der Waals surface area contributed by atoms with Gasteiger partial charge in [0, 0.05) is 11.6 Å². The first-order valence-corrected chi connectivity index (χ1v) is 8.21. The monoisotopic (exact) mass is 366 g/mol. The van der Waals surface area contributed by atoms with Crippen molar-refractivity contribution >= 4 is 11.9 Å². The van der Waals surface area contributed by atoms with Gasteiger partial charge in [-0.1, -0.05) is 31.0 Å².